The van der Waals surface area contributed by atoms with Crippen molar-refractivity contribution in [1.29, 1.82) is 5.26 Å². The molecule has 142 valence electrons. The Kier molecular flexibility index (Phi) is 4.57. The van der Waals surface area contributed by atoms with E-state index in [0.29, 0.717) is 5.69 Å². The maximum atomic E-state index is 13.2. The number of phenolic OH excluding ortho intramolecular Hbond substituents is 1. The van der Waals surface area contributed by atoms with Crippen molar-refractivity contribution in [1.82, 2.24) is 4.83 Å². The molecule has 0 amide bonds. The lowest BCUT2D eigenvalue weighted by Gasteiger charge is -2.30. The van der Waals surface area contributed by atoms with Crippen molar-refractivity contribution >= 4 is 21.9 Å². The minimum Gasteiger partial charge on any atom is -0.508 e. The van der Waals surface area contributed by atoms with Crippen LogP contribution in [0.5, 0.6) is 5.75 Å². The fourth-order valence-electron chi connectivity index (χ4n) is 2.80. The van der Waals surface area contributed by atoms with E-state index in [1.165, 1.54) is 24.3 Å². The van der Waals surface area contributed by atoms with Crippen LogP contribution in [0.15, 0.2) is 47.4 Å². The number of thiol groups is 1. The number of hydrazine groups is 1. The number of hydrogen-bond acceptors (Lipinski definition) is 5. The van der Waals surface area contributed by atoms with Gasteiger partial charge in [-0.05, 0) is 56.3 Å². The van der Waals surface area contributed by atoms with Crippen LogP contribution in [0.3, 0.4) is 0 Å². The number of nitrogens with zero attached hydrogens (tertiary/aromatic N) is 2. The molecule has 0 saturated carbocycles. The van der Waals surface area contributed by atoms with Crippen LogP contribution in [0, 0.1) is 11.3 Å². The quantitative estimate of drug-likeness (QED) is 0.673. The molecule has 1 atom stereocenters. The number of carbonyl (C=O) groups excluding carboxylic acids is 1. The number of alkyl halides is 3. The molecule has 9 heteroatoms. The molecule has 1 unspecified atom stereocenters. The SMILES string of the molecule is CC1(C)C(=O)[SH](c2ccc(C#N)c(C(F)(F)F)c2)NN1c1ccc(O)cc1. The molecular weight excluding hydrogens is 379 g/mol. The number of phenols is 1. The van der Waals surface area contributed by atoms with E-state index in [4.69, 9.17) is 5.26 Å². The van der Waals surface area contributed by atoms with Gasteiger partial charge in [-0.3, -0.25) is 9.80 Å². The van der Waals surface area contributed by atoms with Crippen molar-refractivity contribution in [2.24, 2.45) is 0 Å². The van der Waals surface area contributed by atoms with Crippen LogP contribution in [-0.4, -0.2) is 15.8 Å². The van der Waals surface area contributed by atoms with E-state index in [2.05, 4.69) is 4.83 Å². The molecule has 0 spiro atoms. The summed E-state index contributed by atoms with van der Waals surface area (Å²) in [5, 5.41) is 19.7. The number of benzene rings is 2. The third-order valence-electron chi connectivity index (χ3n) is 4.28. The summed E-state index contributed by atoms with van der Waals surface area (Å²) < 4.78 is 39.7. The molecule has 0 aliphatic carbocycles. The van der Waals surface area contributed by atoms with Crippen molar-refractivity contribution in [3.8, 4) is 11.8 Å². The van der Waals surface area contributed by atoms with Gasteiger partial charge in [0.15, 0.2) is 0 Å². The van der Waals surface area contributed by atoms with Gasteiger partial charge >= 0.3 is 6.18 Å². The summed E-state index contributed by atoms with van der Waals surface area (Å²) in [6.45, 7) is 3.34. The average Bonchev–Trinajstić information content (AvgIpc) is 2.85. The van der Waals surface area contributed by atoms with Crippen molar-refractivity contribution in [3.63, 3.8) is 0 Å². The Morgan fingerprint density at radius 1 is 1.19 bits per heavy atom. The van der Waals surface area contributed by atoms with E-state index >= 15 is 0 Å². The molecule has 1 aliphatic rings. The van der Waals surface area contributed by atoms with Gasteiger partial charge in [0.25, 0.3) is 0 Å². The number of halogens is 3. The number of anilines is 1. The van der Waals surface area contributed by atoms with E-state index in [0.717, 1.165) is 12.1 Å². The topological polar surface area (TPSA) is 76.4 Å². The fourth-order valence-corrected chi connectivity index (χ4v) is 4.94. The first-order valence-electron chi connectivity index (χ1n) is 7.87. The molecule has 0 radical (unpaired) electrons. The predicted molar refractivity (Wildman–Crippen MR) is 96.2 cm³/mol. The first-order valence-corrected chi connectivity index (χ1v) is 9.21. The molecule has 5 nitrogen and oxygen atoms in total. The minimum atomic E-state index is -4.69. The highest BCUT2D eigenvalue weighted by atomic mass is 32.2. The highest BCUT2D eigenvalue weighted by Crippen LogP contribution is 2.48. The Bertz CT molecular complexity index is 936. The largest absolute Gasteiger partial charge is 0.508 e. The highest BCUT2D eigenvalue weighted by Gasteiger charge is 2.46. The lowest BCUT2D eigenvalue weighted by molar-refractivity contribution is -0.138. The van der Waals surface area contributed by atoms with Gasteiger partial charge in [0.2, 0.25) is 5.12 Å². The van der Waals surface area contributed by atoms with Gasteiger partial charge in [0.05, 0.1) is 22.9 Å². The summed E-state index contributed by atoms with van der Waals surface area (Å²) in [7, 11) is 0. The van der Waals surface area contributed by atoms with Crippen LogP contribution in [0.25, 0.3) is 0 Å². The predicted octanol–water partition coefficient (Wildman–Crippen LogP) is 3.89. The molecule has 1 saturated heterocycles. The second-order valence-electron chi connectivity index (χ2n) is 6.49. The summed E-state index contributed by atoms with van der Waals surface area (Å²) in [5.74, 6) is 0.0613. The molecule has 0 bridgehead atoms. The second-order valence-corrected chi connectivity index (χ2v) is 8.28. The molecule has 0 aromatic heterocycles. The van der Waals surface area contributed by atoms with Gasteiger partial charge in [-0.15, -0.1) is 0 Å². The van der Waals surface area contributed by atoms with E-state index in [-0.39, 0.29) is 15.8 Å². The van der Waals surface area contributed by atoms with Crippen molar-refractivity contribution in [3.05, 3.63) is 53.6 Å². The van der Waals surface area contributed by atoms with Gasteiger partial charge in [-0.1, -0.05) is 11.1 Å². The molecule has 1 heterocycles. The number of aromatic hydroxyl groups is 1. The zero-order valence-electron chi connectivity index (χ0n) is 14.4. The molecule has 2 aromatic carbocycles. The zero-order chi connectivity index (χ0) is 20.0. The Balaban J connectivity index is 2.02. The molecule has 2 aromatic rings. The molecule has 3 rings (SSSR count). The Morgan fingerprint density at radius 2 is 1.81 bits per heavy atom. The van der Waals surface area contributed by atoms with Gasteiger partial charge < -0.3 is 5.11 Å². The van der Waals surface area contributed by atoms with Crippen LogP contribution in [0.1, 0.15) is 25.0 Å². The van der Waals surface area contributed by atoms with Gasteiger partial charge in [-0.2, -0.15) is 23.3 Å². The van der Waals surface area contributed by atoms with Crippen LogP contribution in [0.4, 0.5) is 18.9 Å². The van der Waals surface area contributed by atoms with E-state index in [1.807, 2.05) is 0 Å². The molecule has 27 heavy (non-hydrogen) atoms. The van der Waals surface area contributed by atoms with Crippen LogP contribution < -0.4 is 9.84 Å². The second kappa shape index (κ2) is 6.48. The standard InChI is InChI=1S/C18H16F3N3O2S/c1-17(2)16(26)27(23-24(17)12-4-6-13(25)7-5-12)14-8-3-11(10-22)15(9-14)18(19,20)21/h3-9,23,25,27H,1-2H3. The summed E-state index contributed by atoms with van der Waals surface area (Å²) >= 11 is -1.78. The number of carbonyl (C=O) groups is 1. The van der Waals surface area contributed by atoms with Crippen LogP contribution in [-0.2, 0) is 11.0 Å². The Labute approximate surface area is 156 Å². The number of nitrogens with one attached hydrogen (secondary N) is 1. The molecule has 1 aliphatic heterocycles. The first-order chi connectivity index (χ1) is 12.6. The lowest BCUT2D eigenvalue weighted by atomic mass is 10.1. The van der Waals surface area contributed by atoms with Crippen molar-refractivity contribution < 1.29 is 23.1 Å². The van der Waals surface area contributed by atoms with Gasteiger partial charge in [0, 0.05) is 4.90 Å². The van der Waals surface area contributed by atoms with Gasteiger partial charge in [0.1, 0.15) is 11.3 Å². The summed E-state index contributed by atoms with van der Waals surface area (Å²) in [4.78, 5) is 16.1. The Morgan fingerprint density at radius 3 is 2.37 bits per heavy atom. The average molecular weight is 395 g/mol. The number of rotatable bonds is 2. The summed E-state index contributed by atoms with van der Waals surface area (Å²) in [6.07, 6.45) is -4.69. The molecule has 1 fully saturated rings. The zero-order valence-corrected chi connectivity index (χ0v) is 15.3. The monoisotopic (exact) mass is 395 g/mol. The van der Waals surface area contributed by atoms with Gasteiger partial charge in [-0.25, -0.2) is 0 Å². The lowest BCUT2D eigenvalue weighted by Crippen LogP contribution is -2.46. The van der Waals surface area contributed by atoms with E-state index in [9.17, 15) is 23.1 Å². The number of nitriles is 1. The first kappa shape index (κ1) is 19.1. The maximum absolute atomic E-state index is 13.2. The third-order valence-corrected chi connectivity index (χ3v) is 6.43. The van der Waals surface area contributed by atoms with E-state index < -0.39 is 33.9 Å². The normalized spacial score (nSPS) is 20.5. The van der Waals surface area contributed by atoms with E-state index in [1.54, 1.807) is 31.0 Å². The minimum absolute atomic E-state index is 0.0613. The highest BCUT2D eigenvalue weighted by molar-refractivity contribution is 8.28. The van der Waals surface area contributed by atoms with Crippen LogP contribution in [0.2, 0.25) is 0 Å². The number of hydrogen-bond donors (Lipinski definition) is 3. The Hall–Kier alpha value is -2.70. The molecular formula is C18H16F3N3O2S. The molecule has 2 N–H and O–H groups in total. The van der Waals surface area contributed by atoms with Crippen LogP contribution >= 0.6 is 11.1 Å². The van der Waals surface area contributed by atoms with Crippen molar-refractivity contribution in [2.75, 3.05) is 5.01 Å². The third kappa shape index (κ3) is 3.34. The fraction of sp³-hybridized carbons (Fsp3) is 0.222. The smallest absolute Gasteiger partial charge is 0.417 e. The summed E-state index contributed by atoms with van der Waals surface area (Å²) in [6, 6.07) is 11.0. The maximum Gasteiger partial charge on any atom is 0.417 e. The van der Waals surface area contributed by atoms with Crippen molar-refractivity contribution in [2.45, 2.75) is 30.5 Å². The summed E-state index contributed by atoms with van der Waals surface area (Å²) in [5.41, 5.74) is -1.95.